The van der Waals surface area contributed by atoms with E-state index in [4.69, 9.17) is 18.5 Å². The highest BCUT2D eigenvalue weighted by Gasteiger charge is 2.51. The van der Waals surface area contributed by atoms with E-state index in [2.05, 4.69) is 50.3 Å². The van der Waals surface area contributed by atoms with E-state index in [-0.39, 0.29) is 12.8 Å². The Bertz CT molecular complexity index is 1220. The van der Waals surface area contributed by atoms with Gasteiger partial charge in [0.05, 0.1) is 6.61 Å². The molecule has 59 heavy (non-hydrogen) atoms. The van der Waals surface area contributed by atoms with E-state index < -0.39 is 75.7 Å². The second-order valence-electron chi connectivity index (χ2n) is 15.6. The highest BCUT2D eigenvalue weighted by Crippen LogP contribution is 2.47. The van der Waals surface area contributed by atoms with Gasteiger partial charge in [-0.1, -0.05) is 152 Å². The molecule has 0 amide bonds. The summed E-state index contributed by atoms with van der Waals surface area (Å²) in [5, 5.41) is 50.1. The van der Waals surface area contributed by atoms with Gasteiger partial charge in [0.1, 0.15) is 43.2 Å². The first-order valence-corrected chi connectivity index (χ1v) is 23.9. The first-order valence-electron chi connectivity index (χ1n) is 22.4. The maximum Gasteiger partial charge on any atom is 0.472 e. The minimum Gasteiger partial charge on any atom is -0.462 e. The number of phosphoric ester groups is 1. The van der Waals surface area contributed by atoms with Crippen LogP contribution in [0.3, 0.4) is 0 Å². The van der Waals surface area contributed by atoms with Crippen molar-refractivity contribution in [2.75, 3.05) is 13.2 Å². The molecule has 0 aliphatic heterocycles. The van der Waals surface area contributed by atoms with Gasteiger partial charge in [0.25, 0.3) is 0 Å². The van der Waals surface area contributed by atoms with Crippen molar-refractivity contribution in [2.24, 2.45) is 0 Å². The van der Waals surface area contributed by atoms with E-state index in [1.807, 2.05) is 12.2 Å². The van der Waals surface area contributed by atoms with Crippen molar-refractivity contribution in [1.29, 1.82) is 0 Å². The third-order valence-corrected chi connectivity index (χ3v) is 11.2. The summed E-state index contributed by atoms with van der Waals surface area (Å²) in [5.74, 6) is -1.16. The van der Waals surface area contributed by atoms with Crippen LogP contribution in [-0.4, -0.2) is 98.3 Å². The Kier molecular flexibility index (Phi) is 32.9. The number of allylic oxidation sites excluding steroid dienone is 8. The third kappa shape index (κ3) is 28.1. The molecule has 0 aromatic rings. The number of carbonyl (C=O) groups is 2. The van der Waals surface area contributed by atoms with Crippen molar-refractivity contribution in [3.8, 4) is 0 Å². The lowest BCUT2D eigenvalue weighted by atomic mass is 9.85. The van der Waals surface area contributed by atoms with Crippen LogP contribution in [0.15, 0.2) is 48.6 Å². The Morgan fingerprint density at radius 2 is 0.932 bits per heavy atom. The van der Waals surface area contributed by atoms with Gasteiger partial charge in [-0.3, -0.25) is 18.6 Å². The molecule has 1 fully saturated rings. The number of carbonyl (C=O) groups excluding carboxylic acids is 2. The summed E-state index contributed by atoms with van der Waals surface area (Å²) in [5.41, 5.74) is 0. The van der Waals surface area contributed by atoms with Crippen LogP contribution in [0.2, 0.25) is 0 Å². The van der Waals surface area contributed by atoms with Gasteiger partial charge >= 0.3 is 19.8 Å². The Hall–Kier alpha value is -2.19. The minimum atomic E-state index is -5.13. The Morgan fingerprint density at radius 3 is 1.44 bits per heavy atom. The van der Waals surface area contributed by atoms with Crippen LogP contribution in [0.5, 0.6) is 0 Å². The van der Waals surface area contributed by atoms with Crippen molar-refractivity contribution >= 4 is 19.8 Å². The first kappa shape index (κ1) is 54.8. The number of hydrogen-bond acceptors (Lipinski definition) is 12. The van der Waals surface area contributed by atoms with Gasteiger partial charge in [-0.25, -0.2) is 4.57 Å². The maximum atomic E-state index is 12.8. The van der Waals surface area contributed by atoms with E-state index in [0.717, 1.165) is 44.9 Å². The van der Waals surface area contributed by atoms with Gasteiger partial charge in [0.2, 0.25) is 0 Å². The SMILES string of the molecule is CCCCC/C=C\C/C=C\C/C=C\C/C=C\CCCC(=O)O[C@H](COC(=O)CCCCCCCCCCCCCCC)COP(=O)(O)OC1C(O)C(O)C(O)[C@@H](O)C1O. The lowest BCUT2D eigenvalue weighted by molar-refractivity contribution is -0.220. The lowest BCUT2D eigenvalue weighted by Gasteiger charge is -2.41. The molecule has 0 spiro atoms. The zero-order valence-corrected chi connectivity index (χ0v) is 36.9. The predicted molar refractivity (Wildman–Crippen MR) is 230 cm³/mol. The largest absolute Gasteiger partial charge is 0.472 e. The normalized spacial score (nSPS) is 22.8. The fourth-order valence-electron chi connectivity index (χ4n) is 6.51. The number of aliphatic hydroxyl groups excluding tert-OH is 5. The summed E-state index contributed by atoms with van der Waals surface area (Å²) in [7, 11) is -5.13. The number of ether oxygens (including phenoxy) is 2. The quantitative estimate of drug-likeness (QED) is 0.0152. The molecular weight excluding hydrogens is 779 g/mol. The molecule has 8 atom stereocenters. The standard InChI is InChI=1S/C45H79O13P/c1-3-5-7-9-11-13-15-17-18-19-20-22-24-26-28-30-32-34-39(47)57-37(36-56-59(53,54)58-45-43(51)41(49)40(48)42(50)44(45)52)35-55-38(46)33-31-29-27-25-23-21-16-14-12-10-8-6-4-2/h11,13,17-18,20,22,26,28,37,40-45,48-52H,3-10,12,14-16,19,21,23-25,27,29-36H2,1-2H3,(H,53,54)/b13-11-,18-17-,22-20-,28-26-/t37-,40?,41-,42?,43?,44?,45?/m1/s1. The van der Waals surface area contributed by atoms with Crippen LogP contribution in [0.1, 0.15) is 168 Å². The van der Waals surface area contributed by atoms with E-state index >= 15 is 0 Å². The van der Waals surface area contributed by atoms with Crippen molar-refractivity contribution in [1.82, 2.24) is 0 Å². The highest BCUT2D eigenvalue weighted by molar-refractivity contribution is 7.47. The molecule has 14 heteroatoms. The van der Waals surface area contributed by atoms with Crippen LogP contribution >= 0.6 is 7.82 Å². The van der Waals surface area contributed by atoms with Crippen LogP contribution < -0.4 is 0 Å². The second kappa shape index (κ2) is 35.4. The number of aliphatic hydroxyl groups is 5. The molecule has 1 aliphatic rings. The van der Waals surface area contributed by atoms with E-state index in [9.17, 15) is 44.6 Å². The lowest BCUT2D eigenvalue weighted by Crippen LogP contribution is -2.64. The van der Waals surface area contributed by atoms with Gasteiger partial charge < -0.3 is 39.9 Å². The summed E-state index contributed by atoms with van der Waals surface area (Å²) in [6.45, 7) is 3.21. The predicted octanol–water partition coefficient (Wildman–Crippen LogP) is 8.39. The molecule has 1 saturated carbocycles. The summed E-state index contributed by atoms with van der Waals surface area (Å²) < 4.78 is 33.4. The summed E-state index contributed by atoms with van der Waals surface area (Å²) in [6, 6.07) is 0. The fourth-order valence-corrected chi connectivity index (χ4v) is 7.49. The molecule has 1 rings (SSSR count). The van der Waals surface area contributed by atoms with E-state index in [1.165, 1.54) is 77.0 Å². The van der Waals surface area contributed by atoms with Crippen molar-refractivity contribution in [3.63, 3.8) is 0 Å². The minimum absolute atomic E-state index is 0.0211. The molecule has 0 radical (unpaired) electrons. The second-order valence-corrected chi connectivity index (χ2v) is 17.0. The molecule has 0 aromatic carbocycles. The molecular formula is C45H79O13P. The first-order chi connectivity index (χ1) is 28.4. The number of phosphoric acid groups is 1. The highest BCUT2D eigenvalue weighted by atomic mass is 31.2. The van der Waals surface area contributed by atoms with Gasteiger partial charge in [0.15, 0.2) is 6.10 Å². The van der Waals surface area contributed by atoms with Crippen LogP contribution in [-0.2, 0) is 32.7 Å². The van der Waals surface area contributed by atoms with Crippen molar-refractivity contribution in [3.05, 3.63) is 48.6 Å². The number of rotatable bonds is 36. The van der Waals surface area contributed by atoms with Crippen LogP contribution in [0.25, 0.3) is 0 Å². The maximum absolute atomic E-state index is 12.8. The number of unbranched alkanes of at least 4 members (excludes halogenated alkanes) is 16. The molecule has 342 valence electrons. The molecule has 0 aromatic heterocycles. The molecule has 0 heterocycles. The topological polar surface area (TPSA) is 210 Å². The van der Waals surface area contributed by atoms with Crippen molar-refractivity contribution in [2.45, 2.75) is 211 Å². The van der Waals surface area contributed by atoms with Crippen molar-refractivity contribution < 1.29 is 63.1 Å². The van der Waals surface area contributed by atoms with Gasteiger partial charge in [0, 0.05) is 12.8 Å². The Morgan fingerprint density at radius 1 is 0.525 bits per heavy atom. The average Bonchev–Trinajstić information content (AvgIpc) is 3.21. The fraction of sp³-hybridized carbons (Fsp3) is 0.778. The molecule has 6 unspecified atom stereocenters. The molecule has 13 nitrogen and oxygen atoms in total. The molecule has 1 aliphatic carbocycles. The summed E-state index contributed by atoms with van der Waals surface area (Å²) in [6.07, 6.45) is 27.5. The monoisotopic (exact) mass is 859 g/mol. The average molecular weight is 859 g/mol. The number of hydrogen-bond donors (Lipinski definition) is 6. The Labute approximate surface area is 354 Å². The smallest absolute Gasteiger partial charge is 0.462 e. The zero-order valence-electron chi connectivity index (χ0n) is 36.0. The molecule has 0 saturated heterocycles. The van der Waals surface area contributed by atoms with Crippen LogP contribution in [0.4, 0.5) is 0 Å². The number of esters is 2. The summed E-state index contributed by atoms with van der Waals surface area (Å²) >= 11 is 0. The molecule has 0 bridgehead atoms. The Balaban J connectivity index is 2.53. The zero-order chi connectivity index (χ0) is 43.6. The van der Waals surface area contributed by atoms with Gasteiger partial charge in [-0.05, 0) is 51.4 Å². The summed E-state index contributed by atoms with van der Waals surface area (Å²) in [4.78, 5) is 35.6. The van der Waals surface area contributed by atoms with Gasteiger partial charge in [-0.15, -0.1) is 0 Å². The van der Waals surface area contributed by atoms with E-state index in [1.54, 1.807) is 0 Å². The molecule has 6 N–H and O–H groups in total. The van der Waals surface area contributed by atoms with E-state index in [0.29, 0.717) is 19.3 Å². The van der Waals surface area contributed by atoms with Gasteiger partial charge in [-0.2, -0.15) is 0 Å². The van der Waals surface area contributed by atoms with Crippen LogP contribution in [0, 0.1) is 0 Å². The third-order valence-electron chi connectivity index (χ3n) is 10.2.